The molecule has 1 aromatic rings. The monoisotopic (exact) mass is 440 g/mol. The Balaban J connectivity index is 1.33. The molecule has 0 N–H and O–H groups in total. The van der Waals surface area contributed by atoms with Gasteiger partial charge in [0.25, 0.3) is 0 Å². The highest BCUT2D eigenvalue weighted by atomic mass is 19.2. The fourth-order valence-electron chi connectivity index (χ4n) is 4.90. The zero-order valence-electron chi connectivity index (χ0n) is 18.5. The summed E-state index contributed by atoms with van der Waals surface area (Å²) < 4.78 is 50.8. The Hall–Kier alpha value is -1.56. The molecule has 0 spiro atoms. The van der Waals surface area contributed by atoms with Crippen LogP contribution in [0.1, 0.15) is 84.0 Å². The van der Waals surface area contributed by atoms with Crippen molar-refractivity contribution in [3.05, 3.63) is 29.6 Å². The molecule has 0 heterocycles. The second kappa shape index (κ2) is 11.9. The molecule has 2 saturated carbocycles. The van der Waals surface area contributed by atoms with Crippen LogP contribution in [0.2, 0.25) is 0 Å². The lowest BCUT2D eigenvalue weighted by Crippen LogP contribution is -2.30. The molecule has 0 saturated heterocycles. The van der Waals surface area contributed by atoms with Gasteiger partial charge in [0.05, 0.1) is 12.0 Å². The number of hydrogen-bond acceptors (Lipinski definition) is 3. The van der Waals surface area contributed by atoms with Crippen molar-refractivity contribution >= 4 is 5.97 Å². The van der Waals surface area contributed by atoms with E-state index in [0.29, 0.717) is 30.9 Å². The molecule has 2 aliphatic rings. The maximum atomic E-state index is 13.3. The van der Waals surface area contributed by atoms with E-state index in [4.69, 9.17) is 9.47 Å². The van der Waals surface area contributed by atoms with E-state index < -0.39 is 23.4 Å². The molecular weight excluding hydrogens is 405 g/mol. The van der Waals surface area contributed by atoms with Crippen LogP contribution in [0.5, 0.6) is 5.75 Å². The Bertz CT molecular complexity index is 685. The molecule has 0 atom stereocenters. The van der Waals surface area contributed by atoms with Gasteiger partial charge in [0, 0.05) is 18.7 Å². The van der Waals surface area contributed by atoms with Crippen LogP contribution < -0.4 is 4.74 Å². The fourth-order valence-corrected chi connectivity index (χ4v) is 4.90. The minimum atomic E-state index is -1.57. The van der Waals surface area contributed by atoms with Gasteiger partial charge in [0.1, 0.15) is 5.75 Å². The third-order valence-corrected chi connectivity index (χ3v) is 6.93. The van der Waals surface area contributed by atoms with Crippen molar-refractivity contribution in [3.8, 4) is 5.75 Å². The molecule has 0 unspecified atom stereocenters. The molecule has 2 aliphatic carbocycles. The summed E-state index contributed by atoms with van der Waals surface area (Å²) in [5, 5.41) is 0. The summed E-state index contributed by atoms with van der Waals surface area (Å²) in [6.45, 7) is 3.05. The minimum absolute atomic E-state index is 0.159. The Morgan fingerprint density at radius 1 is 0.903 bits per heavy atom. The van der Waals surface area contributed by atoms with E-state index in [-0.39, 0.29) is 17.8 Å². The summed E-state index contributed by atoms with van der Waals surface area (Å²) in [5.74, 6) is -3.90. The number of unbranched alkanes of at least 4 members (excludes halogenated alkanes) is 2. The first-order valence-corrected chi connectivity index (χ1v) is 11.9. The SMILES string of the molecule is CCCCC[C@H]1CC[C@H](CO[C@H]2CC[C@H](C(=O)Oc3cc(F)c(F)c(F)c3)CC2)CC1. The average Bonchev–Trinajstić information content (AvgIpc) is 2.77. The number of rotatable bonds is 9. The normalized spacial score (nSPS) is 26.6. The van der Waals surface area contributed by atoms with E-state index in [2.05, 4.69) is 6.92 Å². The lowest BCUT2D eigenvalue weighted by atomic mass is 9.80. The first-order valence-electron chi connectivity index (χ1n) is 11.9. The Kier molecular flexibility index (Phi) is 9.24. The maximum absolute atomic E-state index is 13.3. The second-order valence-electron chi connectivity index (χ2n) is 9.31. The van der Waals surface area contributed by atoms with E-state index in [1.807, 2.05) is 0 Å². The number of hydrogen-bond donors (Lipinski definition) is 0. The number of carbonyl (C=O) groups excluding carboxylic acids is 1. The molecule has 0 amide bonds. The van der Waals surface area contributed by atoms with Crippen molar-refractivity contribution in [1.82, 2.24) is 0 Å². The van der Waals surface area contributed by atoms with E-state index in [9.17, 15) is 18.0 Å². The smallest absolute Gasteiger partial charge is 0.314 e. The molecular formula is C25H35F3O3. The van der Waals surface area contributed by atoms with Crippen LogP contribution >= 0.6 is 0 Å². The van der Waals surface area contributed by atoms with E-state index in [1.165, 1.54) is 51.4 Å². The van der Waals surface area contributed by atoms with Gasteiger partial charge in [-0.05, 0) is 50.4 Å². The first kappa shape index (κ1) is 24.1. The Morgan fingerprint density at radius 3 is 2.13 bits per heavy atom. The van der Waals surface area contributed by atoms with Crippen LogP contribution in [0, 0.1) is 35.2 Å². The van der Waals surface area contributed by atoms with Crippen molar-refractivity contribution < 1.29 is 27.4 Å². The lowest BCUT2D eigenvalue weighted by molar-refractivity contribution is -0.141. The van der Waals surface area contributed by atoms with Crippen LogP contribution in [-0.4, -0.2) is 18.7 Å². The topological polar surface area (TPSA) is 35.5 Å². The summed E-state index contributed by atoms with van der Waals surface area (Å²) in [5.41, 5.74) is 0. The van der Waals surface area contributed by atoms with Gasteiger partial charge in [0.15, 0.2) is 17.5 Å². The molecule has 0 radical (unpaired) electrons. The van der Waals surface area contributed by atoms with Crippen molar-refractivity contribution in [1.29, 1.82) is 0 Å². The number of esters is 1. The van der Waals surface area contributed by atoms with Crippen LogP contribution in [-0.2, 0) is 9.53 Å². The molecule has 3 nitrogen and oxygen atoms in total. The van der Waals surface area contributed by atoms with Crippen LogP contribution in [0.25, 0.3) is 0 Å². The molecule has 0 bridgehead atoms. The molecule has 1 aromatic carbocycles. The number of benzene rings is 1. The molecule has 2 fully saturated rings. The van der Waals surface area contributed by atoms with E-state index in [0.717, 1.165) is 25.4 Å². The first-order chi connectivity index (χ1) is 15.0. The zero-order chi connectivity index (χ0) is 22.2. The highest BCUT2D eigenvalue weighted by molar-refractivity contribution is 5.75. The molecule has 3 rings (SSSR count). The molecule has 0 aromatic heterocycles. The van der Waals surface area contributed by atoms with Crippen molar-refractivity contribution in [2.75, 3.05) is 6.61 Å². The summed E-state index contributed by atoms with van der Waals surface area (Å²) in [4.78, 5) is 12.3. The summed E-state index contributed by atoms with van der Waals surface area (Å²) in [7, 11) is 0. The van der Waals surface area contributed by atoms with Gasteiger partial charge < -0.3 is 9.47 Å². The molecule has 174 valence electrons. The predicted octanol–water partition coefficient (Wildman–Crippen LogP) is 6.97. The second-order valence-corrected chi connectivity index (χ2v) is 9.31. The molecule has 31 heavy (non-hydrogen) atoms. The third-order valence-electron chi connectivity index (χ3n) is 6.93. The Labute approximate surface area is 183 Å². The summed E-state index contributed by atoms with van der Waals surface area (Å²) >= 11 is 0. The number of halogens is 3. The van der Waals surface area contributed by atoms with Gasteiger partial charge in [0.2, 0.25) is 0 Å². The maximum Gasteiger partial charge on any atom is 0.314 e. The highest BCUT2D eigenvalue weighted by Crippen LogP contribution is 2.34. The molecule has 6 heteroatoms. The quantitative estimate of drug-likeness (QED) is 0.180. The highest BCUT2D eigenvalue weighted by Gasteiger charge is 2.29. The standard InChI is InChI=1S/C25H35F3O3/c1-2-3-4-5-17-6-8-18(9-7-17)16-30-20-12-10-19(11-13-20)25(29)31-21-14-22(26)24(28)23(27)15-21/h14-15,17-20H,2-13,16H2,1H3/t17-,18-,19-,20-. The molecule has 0 aliphatic heterocycles. The third kappa shape index (κ3) is 7.23. The largest absolute Gasteiger partial charge is 0.426 e. The van der Waals surface area contributed by atoms with Crippen LogP contribution in [0.3, 0.4) is 0 Å². The Morgan fingerprint density at radius 2 is 1.52 bits per heavy atom. The number of ether oxygens (including phenoxy) is 2. The van der Waals surface area contributed by atoms with E-state index >= 15 is 0 Å². The van der Waals surface area contributed by atoms with Crippen molar-refractivity contribution in [2.45, 2.75) is 90.1 Å². The van der Waals surface area contributed by atoms with Gasteiger partial charge in [-0.1, -0.05) is 45.4 Å². The van der Waals surface area contributed by atoms with Crippen molar-refractivity contribution in [2.24, 2.45) is 17.8 Å². The minimum Gasteiger partial charge on any atom is -0.426 e. The van der Waals surface area contributed by atoms with Gasteiger partial charge in [-0.2, -0.15) is 0 Å². The lowest BCUT2D eigenvalue weighted by Gasteiger charge is -2.31. The van der Waals surface area contributed by atoms with Crippen LogP contribution in [0.15, 0.2) is 12.1 Å². The van der Waals surface area contributed by atoms with Gasteiger partial charge in [-0.15, -0.1) is 0 Å². The van der Waals surface area contributed by atoms with E-state index in [1.54, 1.807) is 0 Å². The predicted molar refractivity (Wildman–Crippen MR) is 113 cm³/mol. The van der Waals surface area contributed by atoms with Gasteiger partial charge in [-0.25, -0.2) is 13.2 Å². The fraction of sp³-hybridized carbons (Fsp3) is 0.720. The van der Waals surface area contributed by atoms with Crippen molar-refractivity contribution in [3.63, 3.8) is 0 Å². The van der Waals surface area contributed by atoms with Crippen LogP contribution in [0.4, 0.5) is 13.2 Å². The number of carbonyl (C=O) groups is 1. The summed E-state index contributed by atoms with van der Waals surface area (Å²) in [6.07, 6.45) is 13.5. The average molecular weight is 441 g/mol. The van der Waals surface area contributed by atoms with Gasteiger partial charge >= 0.3 is 5.97 Å². The summed E-state index contributed by atoms with van der Waals surface area (Å²) in [6, 6.07) is 1.40. The zero-order valence-corrected chi connectivity index (χ0v) is 18.5. The van der Waals surface area contributed by atoms with Gasteiger partial charge in [-0.3, -0.25) is 4.79 Å².